The standard InChI is InChI=1S/C18H22Cl2N2O2.2ClH/c1-3-5-23-17-7-11(13(19)9-15(17)21)12-8-18(24-6-4-2)16(22)10-14(12)20;;/h7-10H,3-6,21-22H2,1-2H3;2*1H. The SMILES string of the molecule is CCCOc1cc(-c2cc(OCCC)c(N)cc2Cl)c(Cl)cc1N.Cl.Cl. The molecule has 26 heavy (non-hydrogen) atoms. The first-order valence-corrected chi connectivity index (χ1v) is 8.67. The van der Waals surface area contributed by atoms with Crippen molar-refractivity contribution in [1.29, 1.82) is 0 Å². The maximum absolute atomic E-state index is 6.37. The van der Waals surface area contributed by atoms with Gasteiger partial charge in [0.25, 0.3) is 0 Å². The Morgan fingerprint density at radius 2 is 1.08 bits per heavy atom. The minimum absolute atomic E-state index is 0. The summed E-state index contributed by atoms with van der Waals surface area (Å²) in [6.07, 6.45) is 1.77. The van der Waals surface area contributed by atoms with E-state index >= 15 is 0 Å². The molecule has 0 fully saturated rings. The van der Waals surface area contributed by atoms with E-state index in [0.29, 0.717) is 46.1 Å². The maximum Gasteiger partial charge on any atom is 0.142 e. The Morgan fingerprint density at radius 3 is 1.38 bits per heavy atom. The Balaban J connectivity index is 0.00000312. The van der Waals surface area contributed by atoms with Gasteiger partial charge in [-0.05, 0) is 37.1 Å². The highest BCUT2D eigenvalue weighted by atomic mass is 35.5. The van der Waals surface area contributed by atoms with Gasteiger partial charge < -0.3 is 20.9 Å². The van der Waals surface area contributed by atoms with Crippen molar-refractivity contribution in [3.63, 3.8) is 0 Å². The van der Waals surface area contributed by atoms with Crippen molar-refractivity contribution >= 4 is 59.4 Å². The minimum atomic E-state index is 0. The van der Waals surface area contributed by atoms with E-state index in [1.807, 2.05) is 13.8 Å². The van der Waals surface area contributed by atoms with Gasteiger partial charge in [0.1, 0.15) is 11.5 Å². The second-order valence-electron chi connectivity index (χ2n) is 5.44. The summed E-state index contributed by atoms with van der Waals surface area (Å²) in [5, 5.41) is 0.980. The van der Waals surface area contributed by atoms with Gasteiger partial charge in [-0.1, -0.05) is 37.0 Å². The number of benzene rings is 2. The Bertz CT molecular complexity index is 665. The van der Waals surface area contributed by atoms with Crippen LogP contribution in [-0.4, -0.2) is 13.2 Å². The first-order valence-electron chi connectivity index (χ1n) is 7.91. The van der Waals surface area contributed by atoms with Crippen molar-refractivity contribution in [2.45, 2.75) is 26.7 Å². The van der Waals surface area contributed by atoms with Crippen LogP contribution in [0.5, 0.6) is 11.5 Å². The molecule has 0 saturated carbocycles. The van der Waals surface area contributed by atoms with Crippen molar-refractivity contribution in [3.8, 4) is 22.6 Å². The number of hydrogen-bond acceptors (Lipinski definition) is 4. The number of nitrogens with two attached hydrogens (primary N) is 2. The fourth-order valence-electron chi connectivity index (χ4n) is 2.22. The topological polar surface area (TPSA) is 70.5 Å². The van der Waals surface area contributed by atoms with Gasteiger partial charge in [0.2, 0.25) is 0 Å². The van der Waals surface area contributed by atoms with Crippen LogP contribution in [0.4, 0.5) is 11.4 Å². The molecule has 0 amide bonds. The van der Waals surface area contributed by atoms with E-state index in [1.54, 1.807) is 24.3 Å². The molecule has 0 radical (unpaired) electrons. The molecule has 2 aromatic carbocycles. The Labute approximate surface area is 176 Å². The van der Waals surface area contributed by atoms with E-state index in [-0.39, 0.29) is 24.8 Å². The number of anilines is 2. The molecule has 4 nitrogen and oxygen atoms in total. The molecule has 8 heteroatoms. The van der Waals surface area contributed by atoms with E-state index in [4.69, 9.17) is 44.1 Å². The molecule has 146 valence electrons. The van der Waals surface area contributed by atoms with Crippen LogP contribution in [0.1, 0.15) is 26.7 Å². The average Bonchev–Trinajstić information content (AvgIpc) is 2.54. The lowest BCUT2D eigenvalue weighted by atomic mass is 10.0. The summed E-state index contributed by atoms with van der Waals surface area (Å²) in [6, 6.07) is 6.94. The third-order valence-electron chi connectivity index (χ3n) is 3.41. The van der Waals surface area contributed by atoms with E-state index in [2.05, 4.69) is 0 Å². The Hall–Kier alpha value is -1.20. The van der Waals surface area contributed by atoms with Crippen LogP contribution in [0, 0.1) is 0 Å². The molecule has 2 rings (SSSR count). The van der Waals surface area contributed by atoms with Crippen LogP contribution in [0.2, 0.25) is 10.0 Å². The van der Waals surface area contributed by atoms with Gasteiger partial charge in [0, 0.05) is 11.1 Å². The van der Waals surface area contributed by atoms with Gasteiger partial charge in [-0.3, -0.25) is 0 Å². The lowest BCUT2D eigenvalue weighted by Gasteiger charge is -2.15. The van der Waals surface area contributed by atoms with Crippen molar-refractivity contribution in [3.05, 3.63) is 34.3 Å². The molecule has 4 N–H and O–H groups in total. The molecule has 0 spiro atoms. The summed E-state index contributed by atoms with van der Waals surface area (Å²) in [6.45, 7) is 5.21. The van der Waals surface area contributed by atoms with Crippen LogP contribution >= 0.6 is 48.0 Å². The molecule has 0 heterocycles. The van der Waals surface area contributed by atoms with Crippen molar-refractivity contribution < 1.29 is 9.47 Å². The highest BCUT2D eigenvalue weighted by Crippen LogP contribution is 2.42. The summed E-state index contributed by atoms with van der Waals surface area (Å²) >= 11 is 12.7. The fraction of sp³-hybridized carbons (Fsp3) is 0.333. The van der Waals surface area contributed by atoms with E-state index in [1.165, 1.54) is 0 Å². The molecule has 0 unspecified atom stereocenters. The second kappa shape index (κ2) is 11.5. The van der Waals surface area contributed by atoms with Crippen molar-refractivity contribution in [2.75, 3.05) is 24.7 Å². The molecular weight excluding hydrogens is 418 g/mol. The van der Waals surface area contributed by atoms with Crippen LogP contribution in [0.15, 0.2) is 24.3 Å². The quantitative estimate of drug-likeness (QED) is 0.498. The van der Waals surface area contributed by atoms with Gasteiger partial charge in [0.15, 0.2) is 0 Å². The van der Waals surface area contributed by atoms with E-state index in [9.17, 15) is 0 Å². The summed E-state index contributed by atoms with van der Waals surface area (Å²) in [7, 11) is 0. The third-order valence-corrected chi connectivity index (χ3v) is 4.04. The average molecular weight is 442 g/mol. The predicted molar refractivity (Wildman–Crippen MR) is 117 cm³/mol. The zero-order valence-corrected chi connectivity index (χ0v) is 17.8. The van der Waals surface area contributed by atoms with Gasteiger partial charge >= 0.3 is 0 Å². The number of rotatable bonds is 7. The van der Waals surface area contributed by atoms with E-state index < -0.39 is 0 Å². The molecular formula is C18H24Cl4N2O2. The molecule has 0 aliphatic heterocycles. The summed E-state index contributed by atoms with van der Waals surface area (Å²) in [5.41, 5.74) is 14.4. The number of halogens is 4. The van der Waals surface area contributed by atoms with Gasteiger partial charge in [-0.15, -0.1) is 24.8 Å². The largest absolute Gasteiger partial charge is 0.491 e. The molecule has 0 atom stereocenters. The number of hydrogen-bond donors (Lipinski definition) is 2. The predicted octanol–water partition coefficient (Wildman–Crippen LogP) is 6.25. The first-order chi connectivity index (χ1) is 11.5. The first kappa shape index (κ1) is 24.8. The molecule has 0 aromatic heterocycles. The van der Waals surface area contributed by atoms with Crippen LogP contribution < -0.4 is 20.9 Å². The monoisotopic (exact) mass is 440 g/mol. The lowest BCUT2D eigenvalue weighted by Crippen LogP contribution is -2.01. The highest BCUT2D eigenvalue weighted by Gasteiger charge is 2.15. The molecule has 0 aliphatic rings. The summed E-state index contributed by atoms with van der Waals surface area (Å²) in [5.74, 6) is 1.17. The van der Waals surface area contributed by atoms with Crippen molar-refractivity contribution in [1.82, 2.24) is 0 Å². The third kappa shape index (κ3) is 5.92. The van der Waals surface area contributed by atoms with E-state index in [0.717, 1.165) is 24.0 Å². The Kier molecular flexibility index (Phi) is 11.0. The fourth-order valence-corrected chi connectivity index (χ4v) is 2.77. The van der Waals surface area contributed by atoms with Crippen LogP contribution in [0.3, 0.4) is 0 Å². The van der Waals surface area contributed by atoms with Gasteiger partial charge in [-0.2, -0.15) is 0 Å². The Morgan fingerprint density at radius 1 is 0.731 bits per heavy atom. The summed E-state index contributed by atoms with van der Waals surface area (Å²) in [4.78, 5) is 0. The number of ether oxygens (including phenoxy) is 2. The zero-order valence-electron chi connectivity index (χ0n) is 14.7. The lowest BCUT2D eigenvalue weighted by molar-refractivity contribution is 0.318. The highest BCUT2D eigenvalue weighted by molar-refractivity contribution is 6.37. The smallest absolute Gasteiger partial charge is 0.142 e. The minimum Gasteiger partial charge on any atom is -0.491 e. The maximum atomic E-state index is 6.37. The summed E-state index contributed by atoms with van der Waals surface area (Å²) < 4.78 is 11.4. The second-order valence-corrected chi connectivity index (χ2v) is 6.25. The molecule has 0 saturated heterocycles. The molecule has 0 aliphatic carbocycles. The normalized spacial score (nSPS) is 9.85. The molecule has 0 bridgehead atoms. The van der Waals surface area contributed by atoms with Crippen molar-refractivity contribution in [2.24, 2.45) is 0 Å². The van der Waals surface area contributed by atoms with Crippen LogP contribution in [-0.2, 0) is 0 Å². The molecule has 2 aromatic rings. The van der Waals surface area contributed by atoms with Crippen LogP contribution in [0.25, 0.3) is 11.1 Å². The van der Waals surface area contributed by atoms with Gasteiger partial charge in [0.05, 0.1) is 34.6 Å². The zero-order chi connectivity index (χ0) is 17.7. The van der Waals surface area contributed by atoms with Gasteiger partial charge in [-0.25, -0.2) is 0 Å². The number of nitrogen functional groups attached to an aromatic ring is 2.